The molecular formula is C17H21NO3. The first-order valence-corrected chi connectivity index (χ1v) is 7.27. The normalized spacial score (nSPS) is 25.0. The average molecular weight is 287 g/mol. The molecule has 1 N–H and O–H groups in total. The molecule has 1 unspecified atom stereocenters. The summed E-state index contributed by atoms with van der Waals surface area (Å²) in [5, 5.41) is 3.17. The minimum Gasteiger partial charge on any atom is -0.497 e. The summed E-state index contributed by atoms with van der Waals surface area (Å²) in [4.78, 5) is 12.5. The minimum absolute atomic E-state index is 0.00892. The number of carbonyl (C=O) groups is 1. The number of ether oxygens (including phenoxy) is 2. The third-order valence-electron chi connectivity index (χ3n) is 4.83. The van der Waals surface area contributed by atoms with Crippen LogP contribution in [0, 0.1) is 5.92 Å². The van der Waals surface area contributed by atoms with Gasteiger partial charge in [0, 0.05) is 11.6 Å². The number of methoxy groups -OCH3 is 2. The van der Waals surface area contributed by atoms with Gasteiger partial charge >= 0.3 is 0 Å². The number of nitrogens with one attached hydrogen (secondary N) is 1. The van der Waals surface area contributed by atoms with Crippen LogP contribution in [0.2, 0.25) is 0 Å². The quantitative estimate of drug-likeness (QED) is 0.926. The van der Waals surface area contributed by atoms with Crippen molar-refractivity contribution in [1.29, 1.82) is 0 Å². The summed E-state index contributed by atoms with van der Waals surface area (Å²) in [7, 11) is 3.23. The van der Waals surface area contributed by atoms with Crippen molar-refractivity contribution >= 4 is 11.5 Å². The van der Waals surface area contributed by atoms with Gasteiger partial charge in [-0.15, -0.1) is 0 Å². The Kier molecular flexibility index (Phi) is 3.19. The molecule has 4 heteroatoms. The standard InChI is InChI=1S/C17H21NO3/c1-10-15(16(19)18-17(10,2)11-5-6-11)13-8-7-12(20-3)9-14(13)21-4/h7-9,11H,5-6H2,1-4H3,(H,18,19). The maximum Gasteiger partial charge on any atom is 0.252 e. The molecule has 0 aromatic heterocycles. The second kappa shape index (κ2) is 4.79. The monoisotopic (exact) mass is 287 g/mol. The van der Waals surface area contributed by atoms with Gasteiger partial charge in [-0.1, -0.05) is 0 Å². The van der Waals surface area contributed by atoms with Gasteiger partial charge in [0.2, 0.25) is 0 Å². The zero-order valence-corrected chi connectivity index (χ0v) is 12.9. The van der Waals surface area contributed by atoms with E-state index in [4.69, 9.17) is 9.47 Å². The lowest BCUT2D eigenvalue weighted by atomic mass is 9.86. The smallest absolute Gasteiger partial charge is 0.252 e. The first-order chi connectivity index (χ1) is 10.0. The van der Waals surface area contributed by atoms with Crippen molar-refractivity contribution in [2.75, 3.05) is 14.2 Å². The van der Waals surface area contributed by atoms with Gasteiger partial charge in [0.25, 0.3) is 5.91 Å². The van der Waals surface area contributed by atoms with Crippen LogP contribution in [0.3, 0.4) is 0 Å². The lowest BCUT2D eigenvalue weighted by Crippen LogP contribution is -2.43. The summed E-state index contributed by atoms with van der Waals surface area (Å²) < 4.78 is 10.7. The molecule has 3 rings (SSSR count). The molecule has 112 valence electrons. The molecule has 1 saturated carbocycles. The van der Waals surface area contributed by atoms with Gasteiger partial charge < -0.3 is 14.8 Å². The molecule has 4 nitrogen and oxygen atoms in total. The van der Waals surface area contributed by atoms with Crippen LogP contribution in [-0.2, 0) is 4.79 Å². The Morgan fingerprint density at radius 1 is 1.24 bits per heavy atom. The molecule has 1 aromatic carbocycles. The van der Waals surface area contributed by atoms with Crippen LogP contribution in [0.25, 0.3) is 5.57 Å². The molecule has 1 heterocycles. The van der Waals surface area contributed by atoms with E-state index < -0.39 is 0 Å². The van der Waals surface area contributed by atoms with Crippen molar-refractivity contribution in [3.63, 3.8) is 0 Å². The fraction of sp³-hybridized carbons (Fsp3) is 0.471. The maximum atomic E-state index is 12.5. The molecule has 1 amide bonds. The largest absolute Gasteiger partial charge is 0.497 e. The summed E-state index contributed by atoms with van der Waals surface area (Å²) in [6.45, 7) is 4.18. The molecule has 21 heavy (non-hydrogen) atoms. The Morgan fingerprint density at radius 2 is 1.95 bits per heavy atom. The van der Waals surface area contributed by atoms with Crippen LogP contribution in [0.5, 0.6) is 11.5 Å². The van der Waals surface area contributed by atoms with Crippen molar-refractivity contribution in [3.8, 4) is 11.5 Å². The molecule has 1 aliphatic heterocycles. The minimum atomic E-state index is -0.211. The van der Waals surface area contributed by atoms with E-state index in [1.165, 1.54) is 12.8 Å². The number of carbonyl (C=O) groups excluding carboxylic acids is 1. The van der Waals surface area contributed by atoms with Gasteiger partial charge in [0.1, 0.15) is 11.5 Å². The third-order valence-corrected chi connectivity index (χ3v) is 4.83. The van der Waals surface area contributed by atoms with Gasteiger partial charge in [-0.05, 0) is 50.3 Å². The SMILES string of the molecule is COc1ccc(C2=C(C)C(C)(C3CC3)NC2=O)c(OC)c1. The lowest BCUT2D eigenvalue weighted by Gasteiger charge is -2.26. The number of rotatable bonds is 4. The Bertz CT molecular complexity index is 631. The Labute approximate surface area is 125 Å². The van der Waals surface area contributed by atoms with E-state index in [-0.39, 0.29) is 11.4 Å². The fourth-order valence-electron chi connectivity index (χ4n) is 3.22. The van der Waals surface area contributed by atoms with Crippen LogP contribution in [0.15, 0.2) is 23.8 Å². The number of hydrogen-bond acceptors (Lipinski definition) is 3. The lowest BCUT2D eigenvalue weighted by molar-refractivity contribution is -0.116. The van der Waals surface area contributed by atoms with E-state index in [0.717, 1.165) is 22.5 Å². The van der Waals surface area contributed by atoms with Crippen LogP contribution >= 0.6 is 0 Å². The molecule has 0 saturated heterocycles. The number of amides is 1. The van der Waals surface area contributed by atoms with Gasteiger partial charge in [-0.3, -0.25) is 4.79 Å². The molecule has 1 aliphatic carbocycles. The van der Waals surface area contributed by atoms with Crippen molar-refractivity contribution in [2.45, 2.75) is 32.2 Å². The summed E-state index contributed by atoms with van der Waals surface area (Å²) in [5.41, 5.74) is 2.47. The first-order valence-electron chi connectivity index (χ1n) is 7.27. The second-order valence-electron chi connectivity index (χ2n) is 6.00. The summed E-state index contributed by atoms with van der Waals surface area (Å²) in [5.74, 6) is 1.93. The van der Waals surface area contributed by atoms with Crippen LogP contribution in [-0.4, -0.2) is 25.7 Å². The highest BCUT2D eigenvalue weighted by Gasteiger charge is 2.49. The number of hydrogen-bond donors (Lipinski definition) is 1. The fourth-order valence-corrected chi connectivity index (χ4v) is 3.22. The Morgan fingerprint density at radius 3 is 2.52 bits per heavy atom. The Balaban J connectivity index is 2.10. The average Bonchev–Trinajstić information content (AvgIpc) is 3.29. The predicted octanol–water partition coefficient (Wildman–Crippen LogP) is 2.78. The maximum absolute atomic E-state index is 12.5. The van der Waals surface area contributed by atoms with E-state index in [1.54, 1.807) is 14.2 Å². The van der Waals surface area contributed by atoms with Crippen LogP contribution in [0.4, 0.5) is 0 Å². The van der Waals surface area contributed by atoms with Crippen LogP contribution < -0.4 is 14.8 Å². The molecule has 0 spiro atoms. The topological polar surface area (TPSA) is 47.6 Å². The van der Waals surface area contributed by atoms with Crippen molar-refractivity contribution in [3.05, 3.63) is 29.3 Å². The van der Waals surface area contributed by atoms with E-state index in [0.29, 0.717) is 11.7 Å². The second-order valence-corrected chi connectivity index (χ2v) is 6.00. The van der Waals surface area contributed by atoms with Crippen molar-refractivity contribution in [2.24, 2.45) is 5.92 Å². The summed E-state index contributed by atoms with van der Waals surface area (Å²) in [6, 6.07) is 5.57. The van der Waals surface area contributed by atoms with E-state index in [1.807, 2.05) is 18.2 Å². The van der Waals surface area contributed by atoms with E-state index in [9.17, 15) is 4.79 Å². The highest BCUT2D eigenvalue weighted by atomic mass is 16.5. The molecule has 2 aliphatic rings. The summed E-state index contributed by atoms with van der Waals surface area (Å²) in [6.07, 6.45) is 2.36. The van der Waals surface area contributed by atoms with Gasteiger partial charge in [0.15, 0.2) is 0 Å². The molecule has 1 atom stereocenters. The van der Waals surface area contributed by atoms with Crippen molar-refractivity contribution < 1.29 is 14.3 Å². The van der Waals surface area contributed by atoms with Gasteiger partial charge in [-0.2, -0.15) is 0 Å². The first kappa shape index (κ1) is 14.0. The Hall–Kier alpha value is -1.97. The van der Waals surface area contributed by atoms with Gasteiger partial charge in [0.05, 0.1) is 25.3 Å². The summed E-state index contributed by atoms with van der Waals surface area (Å²) >= 11 is 0. The third kappa shape index (κ3) is 2.09. The molecule has 0 radical (unpaired) electrons. The zero-order valence-electron chi connectivity index (χ0n) is 12.9. The zero-order chi connectivity index (χ0) is 15.2. The predicted molar refractivity (Wildman–Crippen MR) is 81.4 cm³/mol. The van der Waals surface area contributed by atoms with Gasteiger partial charge in [-0.25, -0.2) is 0 Å². The van der Waals surface area contributed by atoms with E-state index >= 15 is 0 Å². The van der Waals surface area contributed by atoms with Crippen molar-refractivity contribution in [1.82, 2.24) is 5.32 Å². The molecule has 0 bridgehead atoms. The highest BCUT2D eigenvalue weighted by Crippen LogP contribution is 2.49. The highest BCUT2D eigenvalue weighted by molar-refractivity contribution is 6.24. The number of benzene rings is 1. The molecule has 1 fully saturated rings. The van der Waals surface area contributed by atoms with E-state index in [2.05, 4.69) is 19.2 Å². The van der Waals surface area contributed by atoms with Crippen LogP contribution in [0.1, 0.15) is 32.3 Å². The molecular weight excluding hydrogens is 266 g/mol. The molecule has 1 aromatic rings.